The zero-order valence-corrected chi connectivity index (χ0v) is 13.1. The molecule has 2 heterocycles. The van der Waals surface area contributed by atoms with Crippen LogP contribution in [0, 0.1) is 5.82 Å². The lowest BCUT2D eigenvalue weighted by molar-refractivity contribution is -0.141. The van der Waals surface area contributed by atoms with Crippen LogP contribution in [0.1, 0.15) is 24.8 Å². The van der Waals surface area contributed by atoms with Gasteiger partial charge in [0.05, 0.1) is 12.5 Å². The normalized spacial score (nSPS) is 21.8. The third kappa shape index (κ3) is 3.69. The maximum Gasteiger partial charge on any atom is 0.240 e. The minimum atomic E-state index is -0.497. The van der Waals surface area contributed by atoms with Crippen molar-refractivity contribution in [3.8, 4) is 0 Å². The highest BCUT2D eigenvalue weighted by Gasteiger charge is 2.32. The SMILES string of the molecule is O=C(CC1NCCN(Cc2ccccc2F)C1=O)N1CCCC1. The Morgan fingerprint density at radius 2 is 1.96 bits per heavy atom. The summed E-state index contributed by atoms with van der Waals surface area (Å²) in [6.07, 6.45) is 2.26. The van der Waals surface area contributed by atoms with Crippen molar-refractivity contribution >= 4 is 11.8 Å². The number of hydrogen-bond donors (Lipinski definition) is 1. The molecule has 2 aliphatic rings. The molecule has 6 heteroatoms. The van der Waals surface area contributed by atoms with Crippen molar-refractivity contribution in [3.05, 3.63) is 35.6 Å². The molecule has 1 aromatic carbocycles. The Morgan fingerprint density at radius 3 is 2.70 bits per heavy atom. The highest BCUT2D eigenvalue weighted by Crippen LogP contribution is 2.15. The lowest BCUT2D eigenvalue weighted by Gasteiger charge is -2.33. The van der Waals surface area contributed by atoms with Crippen molar-refractivity contribution in [1.82, 2.24) is 15.1 Å². The molecule has 1 N–H and O–H groups in total. The Kier molecular flexibility index (Phi) is 4.91. The van der Waals surface area contributed by atoms with Crippen molar-refractivity contribution in [2.75, 3.05) is 26.2 Å². The lowest BCUT2D eigenvalue weighted by atomic mass is 10.1. The van der Waals surface area contributed by atoms with E-state index in [1.807, 2.05) is 4.90 Å². The number of carbonyl (C=O) groups is 2. The number of benzene rings is 1. The molecule has 124 valence electrons. The molecule has 0 saturated carbocycles. The molecular formula is C17H22FN3O2. The highest BCUT2D eigenvalue weighted by molar-refractivity contribution is 5.89. The number of rotatable bonds is 4. The Hall–Kier alpha value is -1.95. The standard InChI is InChI=1S/C17H22FN3O2/c18-14-6-2-1-5-13(14)12-21-10-7-19-15(17(21)23)11-16(22)20-8-3-4-9-20/h1-2,5-6,15,19H,3-4,7-12H2. The topological polar surface area (TPSA) is 52.7 Å². The lowest BCUT2D eigenvalue weighted by Crippen LogP contribution is -2.56. The van der Waals surface area contributed by atoms with E-state index in [1.165, 1.54) is 6.07 Å². The first-order valence-corrected chi connectivity index (χ1v) is 8.18. The Labute approximate surface area is 135 Å². The van der Waals surface area contributed by atoms with E-state index in [4.69, 9.17) is 0 Å². The van der Waals surface area contributed by atoms with Gasteiger partial charge in [-0.2, -0.15) is 0 Å². The summed E-state index contributed by atoms with van der Waals surface area (Å²) >= 11 is 0. The summed E-state index contributed by atoms with van der Waals surface area (Å²) < 4.78 is 13.8. The number of likely N-dealkylation sites (tertiary alicyclic amines) is 1. The van der Waals surface area contributed by atoms with Crippen LogP contribution in [-0.2, 0) is 16.1 Å². The molecule has 2 fully saturated rings. The second-order valence-corrected chi connectivity index (χ2v) is 6.15. The number of hydrogen-bond acceptors (Lipinski definition) is 3. The van der Waals surface area contributed by atoms with Crippen molar-refractivity contribution in [2.45, 2.75) is 31.8 Å². The van der Waals surface area contributed by atoms with Gasteiger partial charge in [0.2, 0.25) is 11.8 Å². The molecule has 2 amide bonds. The van der Waals surface area contributed by atoms with E-state index < -0.39 is 6.04 Å². The Morgan fingerprint density at radius 1 is 1.22 bits per heavy atom. The summed E-state index contributed by atoms with van der Waals surface area (Å²) in [5.41, 5.74) is 0.507. The van der Waals surface area contributed by atoms with E-state index in [9.17, 15) is 14.0 Å². The first-order chi connectivity index (χ1) is 11.1. The molecule has 23 heavy (non-hydrogen) atoms. The van der Waals surface area contributed by atoms with Crippen LogP contribution in [0.5, 0.6) is 0 Å². The van der Waals surface area contributed by atoms with Gasteiger partial charge in [0, 0.05) is 38.3 Å². The molecule has 5 nitrogen and oxygen atoms in total. The number of piperazine rings is 1. The van der Waals surface area contributed by atoms with Gasteiger partial charge in [0.15, 0.2) is 0 Å². The van der Waals surface area contributed by atoms with Gasteiger partial charge in [-0.25, -0.2) is 4.39 Å². The maximum absolute atomic E-state index is 13.8. The van der Waals surface area contributed by atoms with Crippen molar-refractivity contribution in [1.29, 1.82) is 0 Å². The molecule has 2 saturated heterocycles. The summed E-state index contributed by atoms with van der Waals surface area (Å²) in [6.45, 7) is 2.98. The van der Waals surface area contributed by atoms with Crippen LogP contribution in [0.25, 0.3) is 0 Å². The van der Waals surface area contributed by atoms with Gasteiger partial charge in [0.25, 0.3) is 0 Å². The molecule has 1 atom stereocenters. The van der Waals surface area contributed by atoms with Gasteiger partial charge in [-0.05, 0) is 18.9 Å². The second-order valence-electron chi connectivity index (χ2n) is 6.15. The molecule has 0 spiro atoms. The minimum absolute atomic E-state index is 0.0288. The number of carbonyl (C=O) groups excluding carboxylic acids is 2. The third-order valence-corrected chi connectivity index (χ3v) is 4.54. The van der Waals surface area contributed by atoms with Crippen LogP contribution >= 0.6 is 0 Å². The van der Waals surface area contributed by atoms with Gasteiger partial charge in [-0.15, -0.1) is 0 Å². The fourth-order valence-corrected chi connectivity index (χ4v) is 3.21. The van der Waals surface area contributed by atoms with Gasteiger partial charge < -0.3 is 15.1 Å². The summed E-state index contributed by atoms with van der Waals surface area (Å²) in [4.78, 5) is 28.3. The first kappa shape index (κ1) is 15.9. The minimum Gasteiger partial charge on any atom is -0.343 e. The molecule has 2 aliphatic heterocycles. The third-order valence-electron chi connectivity index (χ3n) is 4.54. The summed E-state index contributed by atoms with van der Waals surface area (Å²) in [5.74, 6) is -0.392. The molecule has 0 aliphatic carbocycles. The van der Waals surface area contributed by atoms with E-state index >= 15 is 0 Å². The summed E-state index contributed by atoms with van der Waals surface area (Å²) in [6, 6.07) is 5.99. The van der Waals surface area contributed by atoms with E-state index in [0.29, 0.717) is 18.7 Å². The smallest absolute Gasteiger partial charge is 0.240 e. The largest absolute Gasteiger partial charge is 0.343 e. The first-order valence-electron chi connectivity index (χ1n) is 8.18. The van der Waals surface area contributed by atoms with Crippen molar-refractivity contribution < 1.29 is 14.0 Å². The van der Waals surface area contributed by atoms with Crippen LogP contribution in [0.3, 0.4) is 0 Å². The summed E-state index contributed by atoms with van der Waals surface area (Å²) in [7, 11) is 0. The van der Waals surface area contributed by atoms with Gasteiger partial charge >= 0.3 is 0 Å². The average molecular weight is 319 g/mol. The van der Waals surface area contributed by atoms with Gasteiger partial charge in [-0.3, -0.25) is 9.59 Å². The monoisotopic (exact) mass is 319 g/mol. The van der Waals surface area contributed by atoms with Crippen LogP contribution in [0.15, 0.2) is 24.3 Å². The fraction of sp³-hybridized carbons (Fsp3) is 0.529. The predicted octanol–water partition coefficient (Wildman–Crippen LogP) is 1.14. The van der Waals surface area contributed by atoms with E-state index in [-0.39, 0.29) is 30.6 Å². The van der Waals surface area contributed by atoms with Crippen LogP contribution in [0.2, 0.25) is 0 Å². The molecule has 1 unspecified atom stereocenters. The van der Waals surface area contributed by atoms with Crippen molar-refractivity contribution in [2.24, 2.45) is 0 Å². The molecular weight excluding hydrogens is 297 g/mol. The number of amides is 2. The summed E-state index contributed by atoms with van der Waals surface area (Å²) in [5, 5.41) is 3.12. The number of nitrogens with one attached hydrogen (secondary N) is 1. The van der Waals surface area contributed by atoms with Gasteiger partial charge in [0.1, 0.15) is 5.82 Å². The fourth-order valence-electron chi connectivity index (χ4n) is 3.21. The van der Waals surface area contributed by atoms with Crippen LogP contribution in [-0.4, -0.2) is 53.8 Å². The quantitative estimate of drug-likeness (QED) is 0.905. The van der Waals surface area contributed by atoms with E-state index in [1.54, 1.807) is 23.1 Å². The van der Waals surface area contributed by atoms with Gasteiger partial charge in [-0.1, -0.05) is 18.2 Å². The maximum atomic E-state index is 13.8. The highest BCUT2D eigenvalue weighted by atomic mass is 19.1. The average Bonchev–Trinajstić information content (AvgIpc) is 3.08. The second kappa shape index (κ2) is 7.08. The zero-order chi connectivity index (χ0) is 16.2. The molecule has 1 aromatic rings. The predicted molar refractivity (Wildman–Crippen MR) is 84.0 cm³/mol. The van der Waals surface area contributed by atoms with E-state index in [2.05, 4.69) is 5.32 Å². The Bertz CT molecular complexity index is 587. The number of nitrogens with zero attached hydrogens (tertiary/aromatic N) is 2. The van der Waals surface area contributed by atoms with Crippen LogP contribution in [0.4, 0.5) is 4.39 Å². The van der Waals surface area contributed by atoms with Crippen molar-refractivity contribution in [3.63, 3.8) is 0 Å². The Balaban J connectivity index is 1.61. The molecule has 0 radical (unpaired) electrons. The molecule has 3 rings (SSSR count). The number of halogens is 1. The molecule has 0 bridgehead atoms. The zero-order valence-electron chi connectivity index (χ0n) is 13.1. The van der Waals surface area contributed by atoms with E-state index in [0.717, 1.165) is 25.9 Å². The van der Waals surface area contributed by atoms with Crippen LogP contribution < -0.4 is 5.32 Å². The molecule has 0 aromatic heterocycles.